The number of carbonyl (C=O) groups is 2. The number of hydrogen-bond donors (Lipinski definition) is 0. The van der Waals surface area contributed by atoms with Crippen molar-refractivity contribution in [3.63, 3.8) is 0 Å². The van der Waals surface area contributed by atoms with Crippen LogP contribution in [0.5, 0.6) is 0 Å². The van der Waals surface area contributed by atoms with E-state index in [0.717, 1.165) is 6.42 Å². The summed E-state index contributed by atoms with van der Waals surface area (Å²) in [5.41, 5.74) is 0. The molecule has 0 rings (SSSR count). The van der Waals surface area contributed by atoms with Crippen molar-refractivity contribution >= 4 is 11.7 Å². The Kier molecular flexibility index (Phi) is 5.35. The molecule has 1 unspecified atom stereocenters. The van der Waals surface area contributed by atoms with Gasteiger partial charge in [-0.05, 0) is 12.8 Å². The minimum atomic E-state index is -0.421. The monoisotopic (exact) mass is 185 g/mol. The molecule has 0 aromatic carbocycles. The second-order valence-electron chi connectivity index (χ2n) is 3.41. The van der Waals surface area contributed by atoms with Crippen molar-refractivity contribution in [2.24, 2.45) is 5.92 Å². The third-order valence-electron chi connectivity index (χ3n) is 2.03. The topological polar surface area (TPSA) is 37.4 Å². The van der Waals surface area contributed by atoms with E-state index < -0.39 is 5.92 Å². The van der Waals surface area contributed by atoms with Gasteiger partial charge in [0.15, 0.2) is 0 Å². The van der Waals surface area contributed by atoms with Crippen molar-refractivity contribution in [2.75, 3.05) is 14.1 Å². The first kappa shape index (κ1) is 12.1. The average Bonchev–Trinajstić information content (AvgIpc) is 2.05. The highest BCUT2D eigenvalue weighted by molar-refractivity contribution is 6.01. The van der Waals surface area contributed by atoms with Crippen LogP contribution in [0, 0.1) is 5.92 Å². The van der Waals surface area contributed by atoms with Gasteiger partial charge in [-0.25, -0.2) is 0 Å². The molecule has 0 aromatic heterocycles. The maximum absolute atomic E-state index is 11.5. The number of hydrogen-bond acceptors (Lipinski definition) is 2. The molecule has 0 bridgehead atoms. The standard InChI is InChI=1S/C10H19NO2/c1-5-7-9(12)8(6-2)10(13)11(3)4/h8H,5-7H2,1-4H3. The van der Waals surface area contributed by atoms with Crippen molar-refractivity contribution in [3.05, 3.63) is 0 Å². The first-order valence-electron chi connectivity index (χ1n) is 4.78. The molecule has 3 nitrogen and oxygen atoms in total. The Hall–Kier alpha value is -0.860. The van der Waals surface area contributed by atoms with Crippen LogP contribution < -0.4 is 0 Å². The van der Waals surface area contributed by atoms with Crippen LogP contribution in [0.4, 0.5) is 0 Å². The number of amides is 1. The fraction of sp³-hybridized carbons (Fsp3) is 0.800. The highest BCUT2D eigenvalue weighted by atomic mass is 16.2. The molecule has 0 aliphatic carbocycles. The summed E-state index contributed by atoms with van der Waals surface area (Å²) in [5.74, 6) is -0.417. The number of rotatable bonds is 5. The Balaban J connectivity index is 4.32. The van der Waals surface area contributed by atoms with Gasteiger partial charge in [-0.15, -0.1) is 0 Å². The normalized spacial score (nSPS) is 12.3. The van der Waals surface area contributed by atoms with Gasteiger partial charge in [-0.1, -0.05) is 13.8 Å². The summed E-state index contributed by atoms with van der Waals surface area (Å²) < 4.78 is 0. The van der Waals surface area contributed by atoms with Gasteiger partial charge in [0, 0.05) is 20.5 Å². The predicted molar refractivity (Wildman–Crippen MR) is 52.4 cm³/mol. The van der Waals surface area contributed by atoms with Crippen molar-refractivity contribution in [3.8, 4) is 0 Å². The zero-order valence-electron chi connectivity index (χ0n) is 8.96. The number of carbonyl (C=O) groups excluding carboxylic acids is 2. The van der Waals surface area contributed by atoms with Crippen LogP contribution in [0.2, 0.25) is 0 Å². The van der Waals surface area contributed by atoms with Gasteiger partial charge in [0.2, 0.25) is 5.91 Å². The lowest BCUT2D eigenvalue weighted by Gasteiger charge is -2.17. The van der Waals surface area contributed by atoms with Gasteiger partial charge >= 0.3 is 0 Å². The second-order valence-corrected chi connectivity index (χ2v) is 3.41. The van der Waals surface area contributed by atoms with Gasteiger partial charge in [0.05, 0.1) is 5.92 Å². The highest BCUT2D eigenvalue weighted by Crippen LogP contribution is 2.10. The number of ketones is 1. The van der Waals surface area contributed by atoms with E-state index in [9.17, 15) is 9.59 Å². The Morgan fingerprint density at radius 3 is 2.08 bits per heavy atom. The van der Waals surface area contributed by atoms with Crippen LogP contribution in [0.15, 0.2) is 0 Å². The lowest BCUT2D eigenvalue weighted by Crippen LogP contribution is -2.34. The summed E-state index contributed by atoms with van der Waals surface area (Å²) in [6.07, 6.45) is 1.93. The molecule has 13 heavy (non-hydrogen) atoms. The minimum Gasteiger partial charge on any atom is -0.348 e. The summed E-state index contributed by atoms with van der Waals surface area (Å²) >= 11 is 0. The van der Waals surface area contributed by atoms with E-state index >= 15 is 0 Å². The lowest BCUT2D eigenvalue weighted by atomic mass is 9.96. The molecule has 0 fully saturated rings. The molecule has 0 aliphatic rings. The molecule has 0 radical (unpaired) electrons. The third-order valence-corrected chi connectivity index (χ3v) is 2.03. The van der Waals surface area contributed by atoms with E-state index in [-0.39, 0.29) is 11.7 Å². The Labute approximate surface area is 80.1 Å². The maximum atomic E-state index is 11.5. The van der Waals surface area contributed by atoms with Crippen molar-refractivity contribution in [2.45, 2.75) is 33.1 Å². The smallest absolute Gasteiger partial charge is 0.232 e. The molecule has 0 saturated carbocycles. The SMILES string of the molecule is CCCC(=O)C(CC)C(=O)N(C)C. The van der Waals surface area contributed by atoms with E-state index in [0.29, 0.717) is 12.8 Å². The van der Waals surface area contributed by atoms with Gasteiger partial charge < -0.3 is 4.90 Å². The predicted octanol–water partition coefficient (Wildman–Crippen LogP) is 1.47. The molecule has 0 saturated heterocycles. The minimum absolute atomic E-state index is 0.0686. The zero-order valence-corrected chi connectivity index (χ0v) is 8.96. The van der Waals surface area contributed by atoms with E-state index in [1.165, 1.54) is 4.90 Å². The molecule has 1 atom stereocenters. The van der Waals surface area contributed by atoms with E-state index in [1.54, 1.807) is 14.1 Å². The van der Waals surface area contributed by atoms with Crippen molar-refractivity contribution in [1.82, 2.24) is 4.90 Å². The fourth-order valence-corrected chi connectivity index (χ4v) is 1.27. The molecule has 76 valence electrons. The zero-order chi connectivity index (χ0) is 10.4. The van der Waals surface area contributed by atoms with E-state index in [2.05, 4.69) is 0 Å². The van der Waals surface area contributed by atoms with Crippen molar-refractivity contribution in [1.29, 1.82) is 0 Å². The Morgan fingerprint density at radius 1 is 1.23 bits per heavy atom. The molecule has 0 aromatic rings. The van der Waals surface area contributed by atoms with Crippen LogP contribution in [-0.4, -0.2) is 30.7 Å². The Morgan fingerprint density at radius 2 is 1.77 bits per heavy atom. The quantitative estimate of drug-likeness (QED) is 0.608. The second kappa shape index (κ2) is 5.73. The maximum Gasteiger partial charge on any atom is 0.232 e. The largest absolute Gasteiger partial charge is 0.348 e. The summed E-state index contributed by atoms with van der Waals surface area (Å²) in [7, 11) is 3.37. The molecular weight excluding hydrogens is 166 g/mol. The highest BCUT2D eigenvalue weighted by Gasteiger charge is 2.24. The van der Waals surface area contributed by atoms with Gasteiger partial charge in [0.25, 0.3) is 0 Å². The van der Waals surface area contributed by atoms with E-state index in [1.807, 2.05) is 13.8 Å². The summed E-state index contributed by atoms with van der Waals surface area (Å²) in [6.45, 7) is 3.82. The number of Topliss-reactive ketones (excluding diaryl/α,β-unsaturated/α-hetero) is 1. The van der Waals surface area contributed by atoms with Gasteiger partial charge in [-0.2, -0.15) is 0 Å². The molecule has 0 heterocycles. The molecule has 0 aliphatic heterocycles. The summed E-state index contributed by atoms with van der Waals surface area (Å²) in [4.78, 5) is 24.5. The van der Waals surface area contributed by atoms with Crippen LogP contribution in [-0.2, 0) is 9.59 Å². The first-order valence-corrected chi connectivity index (χ1v) is 4.78. The van der Waals surface area contributed by atoms with Crippen LogP contribution in [0.1, 0.15) is 33.1 Å². The lowest BCUT2D eigenvalue weighted by molar-refractivity contribution is -0.139. The molecule has 3 heteroatoms. The molecular formula is C10H19NO2. The average molecular weight is 185 g/mol. The van der Waals surface area contributed by atoms with Crippen LogP contribution >= 0.6 is 0 Å². The summed E-state index contributed by atoms with van der Waals surface area (Å²) in [5, 5.41) is 0. The first-order chi connectivity index (χ1) is 6.04. The molecule has 0 spiro atoms. The molecule has 0 N–H and O–H groups in total. The summed E-state index contributed by atoms with van der Waals surface area (Å²) in [6, 6.07) is 0. The van der Waals surface area contributed by atoms with Gasteiger partial charge in [0.1, 0.15) is 5.78 Å². The van der Waals surface area contributed by atoms with Crippen molar-refractivity contribution < 1.29 is 9.59 Å². The van der Waals surface area contributed by atoms with Gasteiger partial charge in [-0.3, -0.25) is 9.59 Å². The van der Waals surface area contributed by atoms with Crippen LogP contribution in [0.25, 0.3) is 0 Å². The Bertz CT molecular complexity index is 187. The van der Waals surface area contributed by atoms with Crippen LogP contribution in [0.3, 0.4) is 0 Å². The fourth-order valence-electron chi connectivity index (χ4n) is 1.27. The van der Waals surface area contributed by atoms with E-state index in [4.69, 9.17) is 0 Å². The number of nitrogens with zero attached hydrogens (tertiary/aromatic N) is 1. The molecule has 1 amide bonds. The third kappa shape index (κ3) is 3.57.